The zero-order valence-corrected chi connectivity index (χ0v) is 15.7. The third-order valence-electron chi connectivity index (χ3n) is 3.95. The fourth-order valence-corrected chi connectivity index (χ4v) is 2.91. The molecule has 27 heavy (non-hydrogen) atoms. The lowest BCUT2D eigenvalue weighted by Gasteiger charge is -2.08. The van der Waals surface area contributed by atoms with E-state index in [1.807, 2.05) is 31.2 Å². The Balaban J connectivity index is 2.09. The standard InChI is InChI=1S/C21H18ClN3O2/c1-4-8-17(19-13(2)9-7-12-23-19)24-21(26)18-14(3)27-25-20(18)15-10-5-6-11-16(15)22/h4-12H,2H2,1,3H3,(H,24,26)/b8-4-,19-17-. The van der Waals surface area contributed by atoms with E-state index in [1.54, 1.807) is 37.4 Å². The molecule has 1 N–H and O–H groups in total. The van der Waals surface area contributed by atoms with Crippen LogP contribution in [-0.4, -0.2) is 16.0 Å². The van der Waals surface area contributed by atoms with Crippen molar-refractivity contribution in [2.75, 3.05) is 0 Å². The van der Waals surface area contributed by atoms with Crippen LogP contribution in [0.1, 0.15) is 23.0 Å². The largest absolute Gasteiger partial charge is 0.360 e. The molecule has 0 aliphatic rings. The number of allylic oxidation sites excluding steroid dienone is 1. The van der Waals surface area contributed by atoms with Gasteiger partial charge in [0.25, 0.3) is 5.91 Å². The van der Waals surface area contributed by atoms with Crippen LogP contribution in [0.4, 0.5) is 0 Å². The predicted molar refractivity (Wildman–Crippen MR) is 106 cm³/mol. The molecule has 0 unspecified atom stereocenters. The number of benzene rings is 1. The quantitative estimate of drug-likeness (QED) is 0.755. The molecule has 0 aliphatic heterocycles. The van der Waals surface area contributed by atoms with Crippen LogP contribution in [0.3, 0.4) is 0 Å². The predicted octanol–water partition coefficient (Wildman–Crippen LogP) is 3.22. The van der Waals surface area contributed by atoms with Crippen LogP contribution in [0.5, 0.6) is 0 Å². The first kappa shape index (κ1) is 18.6. The third-order valence-corrected chi connectivity index (χ3v) is 4.28. The molecule has 0 spiro atoms. The van der Waals surface area contributed by atoms with Crippen molar-refractivity contribution in [2.24, 2.45) is 0 Å². The molecule has 1 amide bonds. The summed E-state index contributed by atoms with van der Waals surface area (Å²) in [6.45, 7) is 7.52. The van der Waals surface area contributed by atoms with Crippen molar-refractivity contribution in [2.45, 2.75) is 13.8 Å². The number of hydrogen-bond donors (Lipinski definition) is 1. The SMILES string of the molecule is C=c1cccn/c1=C(/C=C\C)NC(=O)c1c(-c2ccccc2Cl)noc1C. The van der Waals surface area contributed by atoms with Gasteiger partial charge in [-0.2, -0.15) is 0 Å². The zero-order chi connectivity index (χ0) is 19.4. The minimum Gasteiger partial charge on any atom is -0.360 e. The van der Waals surface area contributed by atoms with Crippen LogP contribution in [0.25, 0.3) is 23.5 Å². The van der Waals surface area contributed by atoms with E-state index in [1.165, 1.54) is 0 Å². The van der Waals surface area contributed by atoms with E-state index >= 15 is 0 Å². The van der Waals surface area contributed by atoms with Crippen LogP contribution in [0.2, 0.25) is 5.02 Å². The van der Waals surface area contributed by atoms with Crippen LogP contribution >= 0.6 is 11.6 Å². The van der Waals surface area contributed by atoms with Crippen molar-refractivity contribution in [1.29, 1.82) is 0 Å². The summed E-state index contributed by atoms with van der Waals surface area (Å²) in [7, 11) is 0. The van der Waals surface area contributed by atoms with Gasteiger partial charge in [-0.3, -0.25) is 9.78 Å². The van der Waals surface area contributed by atoms with Crippen LogP contribution in [0, 0.1) is 6.92 Å². The molecule has 0 atom stereocenters. The summed E-state index contributed by atoms with van der Waals surface area (Å²) in [5, 5.41) is 8.72. The van der Waals surface area contributed by atoms with E-state index < -0.39 is 0 Å². The molecule has 0 saturated carbocycles. The van der Waals surface area contributed by atoms with E-state index in [0.29, 0.717) is 43.9 Å². The Bertz CT molecular complexity index is 1130. The van der Waals surface area contributed by atoms with Crippen molar-refractivity contribution in [3.05, 3.63) is 81.7 Å². The maximum Gasteiger partial charge on any atom is 0.261 e. The van der Waals surface area contributed by atoms with Crippen molar-refractivity contribution < 1.29 is 9.32 Å². The van der Waals surface area contributed by atoms with Gasteiger partial charge in [-0.05, 0) is 37.3 Å². The molecule has 0 fully saturated rings. The molecule has 0 saturated heterocycles. The number of carbonyl (C=O) groups excluding carboxylic acids is 1. The van der Waals surface area contributed by atoms with Gasteiger partial charge in [0.15, 0.2) is 0 Å². The number of nitrogens with zero attached hydrogens (tertiary/aromatic N) is 2. The Labute approximate surface area is 161 Å². The minimum atomic E-state index is -0.359. The lowest BCUT2D eigenvalue weighted by molar-refractivity contribution is 0.0972. The maximum absolute atomic E-state index is 13.0. The second-order valence-corrected chi connectivity index (χ2v) is 6.23. The lowest BCUT2D eigenvalue weighted by Crippen LogP contribution is -2.35. The summed E-state index contributed by atoms with van der Waals surface area (Å²) in [6, 6.07) is 10.8. The number of aromatic nitrogens is 2. The maximum atomic E-state index is 13.0. The molecule has 3 aromatic rings. The number of hydrogen-bond acceptors (Lipinski definition) is 4. The van der Waals surface area contributed by atoms with Crippen LogP contribution in [-0.2, 0) is 0 Å². The summed E-state index contributed by atoms with van der Waals surface area (Å²) >= 11 is 6.27. The average Bonchev–Trinajstić information content (AvgIpc) is 3.03. The summed E-state index contributed by atoms with van der Waals surface area (Å²) in [5.74, 6) is 0.0416. The average molecular weight is 380 g/mol. The van der Waals surface area contributed by atoms with Gasteiger partial charge in [-0.1, -0.05) is 53.7 Å². The first-order chi connectivity index (χ1) is 13.0. The first-order valence-electron chi connectivity index (χ1n) is 8.32. The third kappa shape index (κ3) is 3.83. The Kier molecular flexibility index (Phi) is 5.52. The van der Waals surface area contributed by atoms with Gasteiger partial charge in [0.1, 0.15) is 17.0 Å². The van der Waals surface area contributed by atoms with E-state index in [4.69, 9.17) is 16.1 Å². The molecule has 0 bridgehead atoms. The van der Waals surface area contributed by atoms with Gasteiger partial charge in [0.05, 0.1) is 16.1 Å². The molecule has 136 valence electrons. The first-order valence-corrected chi connectivity index (χ1v) is 8.70. The summed E-state index contributed by atoms with van der Waals surface area (Å²) < 4.78 is 5.27. The van der Waals surface area contributed by atoms with Gasteiger partial charge in [0.2, 0.25) is 0 Å². The lowest BCUT2D eigenvalue weighted by atomic mass is 10.1. The number of aryl methyl sites for hydroxylation is 1. The van der Waals surface area contributed by atoms with Gasteiger partial charge in [-0.25, -0.2) is 0 Å². The highest BCUT2D eigenvalue weighted by molar-refractivity contribution is 6.33. The number of pyridine rings is 1. The van der Waals surface area contributed by atoms with Gasteiger partial charge >= 0.3 is 0 Å². The highest BCUT2D eigenvalue weighted by Crippen LogP contribution is 2.31. The Morgan fingerprint density at radius 1 is 1.26 bits per heavy atom. The Hall–Kier alpha value is -3.18. The topological polar surface area (TPSA) is 68.0 Å². The number of carbonyl (C=O) groups is 1. The summed E-state index contributed by atoms with van der Waals surface area (Å²) in [5.41, 5.74) is 1.89. The van der Waals surface area contributed by atoms with Crippen molar-refractivity contribution in [3.63, 3.8) is 0 Å². The van der Waals surface area contributed by atoms with E-state index in [9.17, 15) is 4.79 Å². The second-order valence-electron chi connectivity index (χ2n) is 5.82. The molecule has 0 radical (unpaired) electrons. The van der Waals surface area contributed by atoms with Crippen LogP contribution < -0.4 is 15.9 Å². The number of amides is 1. The molecule has 1 aromatic carbocycles. The fourth-order valence-electron chi connectivity index (χ4n) is 2.69. The Morgan fingerprint density at radius 2 is 2.04 bits per heavy atom. The van der Waals surface area contributed by atoms with Crippen molar-refractivity contribution in [3.8, 4) is 11.3 Å². The molecule has 6 heteroatoms. The molecule has 3 rings (SSSR count). The van der Waals surface area contributed by atoms with Gasteiger partial charge < -0.3 is 9.84 Å². The Morgan fingerprint density at radius 3 is 2.74 bits per heavy atom. The number of halogens is 1. The second kappa shape index (κ2) is 8.01. The van der Waals surface area contributed by atoms with Gasteiger partial charge in [-0.15, -0.1) is 0 Å². The highest BCUT2D eigenvalue weighted by Gasteiger charge is 2.23. The molecular weight excluding hydrogens is 362 g/mol. The molecule has 2 heterocycles. The molecule has 0 aliphatic carbocycles. The fraction of sp³-hybridized carbons (Fsp3) is 0.0952. The smallest absolute Gasteiger partial charge is 0.261 e. The normalized spacial score (nSPS) is 12.3. The highest BCUT2D eigenvalue weighted by atomic mass is 35.5. The molecule has 2 aromatic heterocycles. The van der Waals surface area contributed by atoms with Gasteiger partial charge in [0, 0.05) is 11.8 Å². The van der Waals surface area contributed by atoms with E-state index in [0.717, 1.165) is 0 Å². The summed E-state index contributed by atoms with van der Waals surface area (Å²) in [6.07, 6.45) is 5.24. The molecular formula is C21H18ClN3O2. The number of rotatable bonds is 4. The van der Waals surface area contributed by atoms with E-state index in [-0.39, 0.29) is 5.91 Å². The molecule has 5 nitrogen and oxygen atoms in total. The minimum absolute atomic E-state index is 0.326. The van der Waals surface area contributed by atoms with Crippen LogP contribution in [0.15, 0.2) is 59.3 Å². The summed E-state index contributed by atoms with van der Waals surface area (Å²) in [4.78, 5) is 17.4. The van der Waals surface area contributed by atoms with Crippen molar-refractivity contribution in [1.82, 2.24) is 15.5 Å². The number of nitrogens with one attached hydrogen (secondary N) is 1. The monoisotopic (exact) mass is 379 g/mol. The van der Waals surface area contributed by atoms with E-state index in [2.05, 4.69) is 22.0 Å². The zero-order valence-electron chi connectivity index (χ0n) is 15.0. The van der Waals surface area contributed by atoms with Crippen molar-refractivity contribution >= 4 is 29.8 Å².